The molecule has 0 aromatic carbocycles. The summed E-state index contributed by atoms with van der Waals surface area (Å²) >= 11 is 0. The fourth-order valence-electron chi connectivity index (χ4n) is 3.60. The van der Waals surface area contributed by atoms with Crippen molar-refractivity contribution in [1.29, 1.82) is 0 Å². The number of nitrogens with two attached hydrogens (primary N) is 1. The van der Waals surface area contributed by atoms with Gasteiger partial charge in [0, 0.05) is 24.7 Å². The summed E-state index contributed by atoms with van der Waals surface area (Å²) in [6.45, 7) is 2.26. The van der Waals surface area contributed by atoms with Gasteiger partial charge in [-0.1, -0.05) is 96.8 Å². The van der Waals surface area contributed by atoms with Crippen LogP contribution in [0.3, 0.4) is 0 Å². The molecule has 0 fully saturated rings. The maximum Gasteiger partial charge on any atom is 0.330 e. The van der Waals surface area contributed by atoms with E-state index >= 15 is 0 Å². The van der Waals surface area contributed by atoms with Gasteiger partial charge in [-0.3, -0.25) is 4.79 Å². The van der Waals surface area contributed by atoms with Gasteiger partial charge < -0.3 is 15.5 Å². The lowest BCUT2D eigenvalue weighted by molar-refractivity contribution is -0.160. The Morgan fingerprint density at radius 2 is 1.40 bits per heavy atom. The number of ether oxygens (including phenoxy) is 1. The molecule has 1 rings (SSSR count). The average molecular weight is 422 g/mol. The van der Waals surface area contributed by atoms with E-state index < -0.39 is 18.0 Å². The molecule has 0 amide bonds. The topological polar surface area (TPSA) is 98.1 Å². The lowest BCUT2D eigenvalue weighted by Gasteiger charge is -2.09. The minimum Gasteiger partial charge on any atom is -0.392 e. The molecule has 30 heavy (non-hydrogen) atoms. The molecule has 0 spiro atoms. The number of hydrogen-bond acceptors (Lipinski definition) is 5. The van der Waals surface area contributed by atoms with Crippen molar-refractivity contribution in [3.8, 4) is 0 Å². The van der Waals surface area contributed by atoms with Crippen molar-refractivity contribution < 1.29 is 14.3 Å². The Morgan fingerprint density at radius 3 is 1.87 bits per heavy atom. The zero-order chi connectivity index (χ0) is 21.9. The Hall–Kier alpha value is -1.69. The molecule has 1 heterocycles. The van der Waals surface area contributed by atoms with E-state index in [9.17, 15) is 9.59 Å². The van der Waals surface area contributed by atoms with Gasteiger partial charge in [-0.15, -0.1) is 0 Å². The van der Waals surface area contributed by atoms with Crippen molar-refractivity contribution in [1.82, 2.24) is 9.97 Å². The lowest BCUT2D eigenvalue weighted by atomic mass is 10.0. The van der Waals surface area contributed by atoms with E-state index in [1.54, 1.807) is 6.20 Å². The Kier molecular flexibility index (Phi) is 15.9. The summed E-state index contributed by atoms with van der Waals surface area (Å²) in [6.07, 6.45) is 22.9. The molecule has 0 saturated carbocycles. The molecule has 0 radical (unpaired) electrons. The van der Waals surface area contributed by atoms with E-state index in [-0.39, 0.29) is 12.8 Å². The van der Waals surface area contributed by atoms with Crippen molar-refractivity contribution in [3.05, 3.63) is 18.2 Å². The highest BCUT2D eigenvalue weighted by Gasteiger charge is 2.19. The smallest absolute Gasteiger partial charge is 0.330 e. The van der Waals surface area contributed by atoms with Crippen LogP contribution in [0.1, 0.15) is 115 Å². The number of rotatable bonds is 19. The molecule has 0 bridgehead atoms. The summed E-state index contributed by atoms with van der Waals surface area (Å²) in [6, 6.07) is -0.851. The average Bonchev–Trinajstić information content (AvgIpc) is 3.23. The van der Waals surface area contributed by atoms with Crippen molar-refractivity contribution in [3.63, 3.8) is 0 Å². The number of esters is 2. The molecule has 0 aliphatic heterocycles. The molecule has 0 saturated heterocycles. The molecule has 1 aromatic rings. The molecule has 0 aliphatic rings. The molecule has 3 N–H and O–H groups in total. The highest BCUT2D eigenvalue weighted by atomic mass is 16.6. The molecular formula is C24H43N3O3. The number of aromatic amines is 1. The fourth-order valence-corrected chi connectivity index (χ4v) is 3.60. The van der Waals surface area contributed by atoms with Crippen LogP contribution in [0, 0.1) is 0 Å². The highest BCUT2D eigenvalue weighted by Crippen LogP contribution is 2.14. The summed E-state index contributed by atoms with van der Waals surface area (Å²) in [5.41, 5.74) is 6.51. The van der Waals surface area contributed by atoms with E-state index in [0.29, 0.717) is 0 Å². The van der Waals surface area contributed by atoms with Crippen LogP contribution in [0.2, 0.25) is 0 Å². The lowest BCUT2D eigenvalue weighted by Crippen LogP contribution is -2.35. The van der Waals surface area contributed by atoms with Crippen LogP contribution < -0.4 is 5.73 Å². The Balaban J connectivity index is 1.86. The van der Waals surface area contributed by atoms with Gasteiger partial charge in [0.15, 0.2) is 0 Å². The van der Waals surface area contributed by atoms with Gasteiger partial charge >= 0.3 is 11.9 Å². The largest absolute Gasteiger partial charge is 0.392 e. The number of nitrogens with one attached hydrogen (secondary N) is 1. The molecule has 0 unspecified atom stereocenters. The number of H-pyrrole nitrogens is 1. The third-order valence-corrected chi connectivity index (χ3v) is 5.50. The molecule has 1 atom stereocenters. The predicted molar refractivity (Wildman–Crippen MR) is 121 cm³/mol. The molecule has 0 aliphatic carbocycles. The van der Waals surface area contributed by atoms with Crippen LogP contribution in [0.25, 0.3) is 0 Å². The van der Waals surface area contributed by atoms with Gasteiger partial charge in [0.1, 0.15) is 6.04 Å². The monoisotopic (exact) mass is 421 g/mol. The van der Waals surface area contributed by atoms with Gasteiger partial charge in [0.2, 0.25) is 0 Å². The second-order valence-corrected chi connectivity index (χ2v) is 8.38. The van der Waals surface area contributed by atoms with Crippen LogP contribution in [-0.4, -0.2) is 27.9 Å². The van der Waals surface area contributed by atoms with Crippen molar-refractivity contribution >= 4 is 11.9 Å². The quantitative estimate of drug-likeness (QED) is 0.172. The van der Waals surface area contributed by atoms with Crippen LogP contribution in [0.4, 0.5) is 0 Å². The third-order valence-electron chi connectivity index (χ3n) is 5.50. The van der Waals surface area contributed by atoms with Gasteiger partial charge in [-0.05, 0) is 6.42 Å². The number of carbonyl (C=O) groups excluding carboxylic acids is 2. The second kappa shape index (κ2) is 18.1. The zero-order valence-electron chi connectivity index (χ0n) is 19.0. The van der Waals surface area contributed by atoms with E-state index in [2.05, 4.69) is 16.9 Å². The van der Waals surface area contributed by atoms with E-state index in [1.807, 2.05) is 0 Å². The third kappa shape index (κ3) is 14.3. The first kappa shape index (κ1) is 26.3. The van der Waals surface area contributed by atoms with E-state index in [1.165, 1.54) is 83.4 Å². The van der Waals surface area contributed by atoms with Gasteiger partial charge in [-0.2, -0.15) is 0 Å². The summed E-state index contributed by atoms with van der Waals surface area (Å²) < 4.78 is 4.84. The first-order chi connectivity index (χ1) is 14.6. The second-order valence-electron chi connectivity index (χ2n) is 8.38. The van der Waals surface area contributed by atoms with Gasteiger partial charge in [0.05, 0.1) is 6.33 Å². The van der Waals surface area contributed by atoms with Crippen LogP contribution in [-0.2, 0) is 20.7 Å². The molecule has 1 aromatic heterocycles. The van der Waals surface area contributed by atoms with E-state index in [0.717, 1.165) is 25.0 Å². The Labute approximate surface area is 182 Å². The van der Waals surface area contributed by atoms with Crippen LogP contribution in [0.15, 0.2) is 12.5 Å². The first-order valence-electron chi connectivity index (χ1n) is 12.1. The normalized spacial score (nSPS) is 12.1. The van der Waals surface area contributed by atoms with Crippen LogP contribution in [0.5, 0.6) is 0 Å². The number of hydrogen-bond donors (Lipinski definition) is 2. The number of aromatic nitrogens is 2. The summed E-state index contributed by atoms with van der Waals surface area (Å²) in [4.78, 5) is 30.4. The Morgan fingerprint density at radius 1 is 0.900 bits per heavy atom. The summed E-state index contributed by atoms with van der Waals surface area (Å²) in [5.74, 6) is -1.15. The van der Waals surface area contributed by atoms with Crippen molar-refractivity contribution in [2.24, 2.45) is 5.73 Å². The van der Waals surface area contributed by atoms with Crippen molar-refractivity contribution in [2.45, 2.75) is 122 Å². The van der Waals surface area contributed by atoms with E-state index in [4.69, 9.17) is 10.5 Å². The fraction of sp³-hybridized carbons (Fsp3) is 0.792. The summed E-state index contributed by atoms with van der Waals surface area (Å²) in [7, 11) is 0. The molecule has 6 nitrogen and oxygen atoms in total. The SMILES string of the molecule is CCCCCCCCCCCCCCCCCC(=O)OC(=O)[C@@H](N)Cc1cnc[nH]1. The first-order valence-corrected chi connectivity index (χ1v) is 12.1. The standard InChI is InChI=1S/C24H43N3O3/c1-2-3-4-5-6-7-8-9-10-11-12-13-14-15-16-17-23(28)30-24(29)22(25)18-21-19-26-20-27-21/h19-20,22H,2-18,25H2,1H3,(H,26,27)/t22-/m0/s1. The number of nitrogens with zero attached hydrogens (tertiary/aromatic N) is 1. The predicted octanol–water partition coefficient (Wildman–Crippen LogP) is 5.61. The Bertz CT molecular complexity index is 546. The number of imidazole rings is 1. The molecule has 6 heteroatoms. The number of unbranched alkanes of at least 4 members (excludes halogenated alkanes) is 14. The minimum absolute atomic E-state index is 0.279. The van der Waals surface area contributed by atoms with Crippen LogP contribution >= 0.6 is 0 Å². The van der Waals surface area contributed by atoms with Crippen molar-refractivity contribution in [2.75, 3.05) is 0 Å². The van der Waals surface area contributed by atoms with Gasteiger partial charge in [-0.25, -0.2) is 9.78 Å². The van der Waals surface area contributed by atoms with Gasteiger partial charge in [0.25, 0.3) is 0 Å². The zero-order valence-corrected chi connectivity index (χ0v) is 19.0. The molecule has 172 valence electrons. The maximum atomic E-state index is 11.8. The maximum absolute atomic E-state index is 11.8. The minimum atomic E-state index is -0.851. The highest BCUT2D eigenvalue weighted by molar-refractivity contribution is 5.88. The molecular weight excluding hydrogens is 378 g/mol. The number of carbonyl (C=O) groups is 2. The summed E-state index contributed by atoms with van der Waals surface area (Å²) in [5, 5.41) is 0.